The Labute approximate surface area is 149 Å². The van der Waals surface area contributed by atoms with Gasteiger partial charge >= 0.3 is 5.97 Å². The van der Waals surface area contributed by atoms with E-state index in [1.165, 1.54) is 17.7 Å². The van der Waals surface area contributed by atoms with Gasteiger partial charge in [0.2, 0.25) is 0 Å². The van der Waals surface area contributed by atoms with Crippen LogP contribution in [-0.2, 0) is 22.5 Å². The Morgan fingerprint density at radius 2 is 1.92 bits per heavy atom. The molecule has 6 heteroatoms. The molecule has 0 N–H and O–H groups in total. The molecule has 0 aliphatic carbocycles. The largest absolute Gasteiger partial charge is 0.468 e. The van der Waals surface area contributed by atoms with Gasteiger partial charge in [-0.3, -0.25) is 9.59 Å². The molecule has 0 fully saturated rings. The van der Waals surface area contributed by atoms with Crippen LogP contribution in [0, 0.1) is 5.82 Å². The maximum Gasteiger partial charge on any atom is 0.325 e. The highest BCUT2D eigenvalue weighted by atomic mass is 19.1. The van der Waals surface area contributed by atoms with E-state index in [2.05, 4.69) is 0 Å². The van der Waals surface area contributed by atoms with E-state index in [1.54, 1.807) is 17.0 Å². The summed E-state index contributed by atoms with van der Waals surface area (Å²) in [5, 5.41) is 0.671. The smallest absolute Gasteiger partial charge is 0.325 e. The fourth-order valence-electron chi connectivity index (χ4n) is 3.59. The van der Waals surface area contributed by atoms with Crippen molar-refractivity contribution < 1.29 is 18.7 Å². The first-order valence-corrected chi connectivity index (χ1v) is 8.35. The number of carbonyl (C=O) groups is 2. The Bertz CT molecular complexity index is 1010. The molecular formula is C20H17FN2O3. The van der Waals surface area contributed by atoms with Crippen molar-refractivity contribution in [2.24, 2.45) is 0 Å². The SMILES string of the molecule is COC(=O)Cn1c2c(c3cccc(F)c31)CCN(c1ccccc1)C2=O. The lowest BCUT2D eigenvalue weighted by Gasteiger charge is -2.28. The van der Waals surface area contributed by atoms with E-state index in [-0.39, 0.29) is 18.0 Å². The number of carbonyl (C=O) groups excluding carboxylic acids is 2. The lowest BCUT2D eigenvalue weighted by molar-refractivity contribution is -0.141. The van der Waals surface area contributed by atoms with Gasteiger partial charge in [0.05, 0.1) is 12.6 Å². The monoisotopic (exact) mass is 352 g/mol. The number of benzene rings is 2. The van der Waals surface area contributed by atoms with Crippen LogP contribution in [0.15, 0.2) is 48.5 Å². The maximum absolute atomic E-state index is 14.5. The van der Waals surface area contributed by atoms with E-state index in [0.717, 1.165) is 11.3 Å². The molecule has 2 heterocycles. The zero-order chi connectivity index (χ0) is 18.3. The van der Waals surface area contributed by atoms with E-state index in [0.29, 0.717) is 24.0 Å². The van der Waals surface area contributed by atoms with E-state index in [4.69, 9.17) is 4.74 Å². The van der Waals surface area contributed by atoms with Gasteiger partial charge < -0.3 is 14.2 Å². The number of hydrogen-bond acceptors (Lipinski definition) is 3. The summed E-state index contributed by atoms with van der Waals surface area (Å²) in [5.41, 5.74) is 2.18. The lowest BCUT2D eigenvalue weighted by atomic mass is 10.0. The molecule has 5 nitrogen and oxygen atoms in total. The fourth-order valence-corrected chi connectivity index (χ4v) is 3.59. The number of hydrogen-bond donors (Lipinski definition) is 0. The van der Waals surface area contributed by atoms with Crippen LogP contribution < -0.4 is 4.90 Å². The van der Waals surface area contributed by atoms with Crippen LogP contribution in [-0.4, -0.2) is 30.1 Å². The third-order valence-electron chi connectivity index (χ3n) is 4.75. The van der Waals surface area contributed by atoms with Crippen molar-refractivity contribution >= 4 is 28.5 Å². The summed E-state index contributed by atoms with van der Waals surface area (Å²) < 4.78 is 20.7. The van der Waals surface area contributed by atoms with Crippen LogP contribution in [0.3, 0.4) is 0 Å². The Morgan fingerprint density at radius 3 is 2.65 bits per heavy atom. The van der Waals surface area contributed by atoms with Gasteiger partial charge in [0.15, 0.2) is 0 Å². The minimum atomic E-state index is -0.530. The van der Waals surface area contributed by atoms with Crippen molar-refractivity contribution in [1.29, 1.82) is 0 Å². The van der Waals surface area contributed by atoms with Crippen LogP contribution >= 0.6 is 0 Å². The van der Waals surface area contributed by atoms with Gasteiger partial charge in [-0.2, -0.15) is 0 Å². The molecule has 1 aromatic heterocycles. The zero-order valence-corrected chi connectivity index (χ0v) is 14.2. The molecule has 0 saturated heterocycles. The summed E-state index contributed by atoms with van der Waals surface area (Å²) in [5.74, 6) is -1.23. The Morgan fingerprint density at radius 1 is 1.15 bits per heavy atom. The number of rotatable bonds is 3. The highest BCUT2D eigenvalue weighted by Gasteiger charge is 2.33. The molecule has 0 radical (unpaired) electrons. The van der Waals surface area contributed by atoms with Crippen LogP contribution in [0.5, 0.6) is 0 Å². The predicted octanol–water partition coefficient (Wildman–Crippen LogP) is 3.16. The molecule has 132 valence electrons. The van der Waals surface area contributed by atoms with Gasteiger partial charge in [0, 0.05) is 17.6 Å². The Hall–Kier alpha value is -3.15. The van der Waals surface area contributed by atoms with Crippen molar-refractivity contribution in [3.63, 3.8) is 0 Å². The molecule has 0 unspecified atom stereocenters. The molecule has 0 bridgehead atoms. The number of ether oxygens (including phenoxy) is 1. The Kier molecular flexibility index (Phi) is 3.95. The second-order valence-electron chi connectivity index (χ2n) is 6.17. The van der Waals surface area contributed by atoms with Crippen LogP contribution in [0.2, 0.25) is 0 Å². The van der Waals surface area contributed by atoms with Crippen LogP contribution in [0.4, 0.5) is 10.1 Å². The summed E-state index contributed by atoms with van der Waals surface area (Å²) in [6, 6.07) is 14.1. The average Bonchev–Trinajstić information content (AvgIpc) is 2.98. The van der Waals surface area contributed by atoms with E-state index in [9.17, 15) is 14.0 Å². The summed E-state index contributed by atoms with van der Waals surface area (Å²) in [6.07, 6.45) is 0.587. The van der Waals surface area contributed by atoms with Gasteiger partial charge in [0.1, 0.15) is 18.1 Å². The molecular weight excluding hydrogens is 335 g/mol. The number of nitrogens with zero attached hydrogens (tertiary/aromatic N) is 2. The third-order valence-corrected chi connectivity index (χ3v) is 4.75. The second kappa shape index (κ2) is 6.29. The number of anilines is 1. The number of fused-ring (bicyclic) bond motifs is 3. The second-order valence-corrected chi connectivity index (χ2v) is 6.17. The van der Waals surface area contributed by atoms with Crippen LogP contribution in [0.1, 0.15) is 16.1 Å². The molecule has 0 spiro atoms. The predicted molar refractivity (Wildman–Crippen MR) is 95.7 cm³/mol. The zero-order valence-electron chi connectivity index (χ0n) is 14.2. The topological polar surface area (TPSA) is 51.5 Å². The molecule has 0 saturated carbocycles. The van der Waals surface area contributed by atoms with E-state index in [1.807, 2.05) is 30.3 Å². The maximum atomic E-state index is 14.5. The highest BCUT2D eigenvalue weighted by Crippen LogP contribution is 2.34. The minimum absolute atomic E-state index is 0.211. The number of methoxy groups -OCH3 is 1. The molecule has 0 atom stereocenters. The highest BCUT2D eigenvalue weighted by molar-refractivity contribution is 6.11. The molecule has 1 aliphatic heterocycles. The molecule has 1 amide bonds. The van der Waals surface area contributed by atoms with Gasteiger partial charge in [-0.15, -0.1) is 0 Å². The standard InChI is InChI=1S/C20H17FN2O3/c1-26-17(24)12-23-18-14(8-5-9-16(18)21)15-10-11-22(20(25)19(15)23)13-6-3-2-4-7-13/h2-9H,10-12H2,1H3. The Balaban J connectivity index is 1.92. The van der Waals surface area contributed by atoms with Crippen molar-refractivity contribution in [1.82, 2.24) is 4.57 Å². The van der Waals surface area contributed by atoms with Crippen molar-refractivity contribution in [3.8, 4) is 0 Å². The first-order chi connectivity index (χ1) is 12.6. The van der Waals surface area contributed by atoms with Crippen LogP contribution in [0.25, 0.3) is 10.9 Å². The summed E-state index contributed by atoms with van der Waals surface area (Å²) in [7, 11) is 1.27. The molecule has 2 aromatic carbocycles. The molecule has 1 aliphatic rings. The van der Waals surface area contributed by atoms with E-state index >= 15 is 0 Å². The minimum Gasteiger partial charge on any atom is -0.468 e. The number of amides is 1. The van der Waals surface area contributed by atoms with E-state index < -0.39 is 11.8 Å². The van der Waals surface area contributed by atoms with Crippen molar-refractivity contribution in [2.75, 3.05) is 18.6 Å². The van der Waals surface area contributed by atoms with Gasteiger partial charge in [-0.25, -0.2) is 4.39 Å². The number of esters is 1. The third kappa shape index (κ3) is 2.45. The normalized spacial score (nSPS) is 13.8. The van der Waals surface area contributed by atoms with Gasteiger partial charge in [0.25, 0.3) is 5.91 Å². The quantitative estimate of drug-likeness (QED) is 0.681. The average molecular weight is 352 g/mol. The van der Waals surface area contributed by atoms with Crippen molar-refractivity contribution in [2.45, 2.75) is 13.0 Å². The molecule has 4 rings (SSSR count). The summed E-state index contributed by atoms with van der Waals surface area (Å²) >= 11 is 0. The first-order valence-electron chi connectivity index (χ1n) is 8.35. The summed E-state index contributed by atoms with van der Waals surface area (Å²) in [6.45, 7) is 0.293. The lowest BCUT2D eigenvalue weighted by Crippen LogP contribution is -2.39. The first kappa shape index (κ1) is 16.3. The molecule has 26 heavy (non-hydrogen) atoms. The summed E-state index contributed by atoms with van der Waals surface area (Å²) in [4.78, 5) is 26.8. The molecule has 3 aromatic rings. The van der Waals surface area contributed by atoms with Gasteiger partial charge in [-0.1, -0.05) is 30.3 Å². The fraction of sp³-hybridized carbons (Fsp3) is 0.200. The number of halogens is 1. The number of para-hydroxylation sites is 2. The van der Waals surface area contributed by atoms with Crippen molar-refractivity contribution in [3.05, 3.63) is 65.6 Å². The van der Waals surface area contributed by atoms with Gasteiger partial charge in [-0.05, 0) is 30.2 Å². The number of aromatic nitrogens is 1.